The molecule has 4 aromatic rings. The first kappa shape index (κ1) is 23.9. The van der Waals surface area contributed by atoms with Gasteiger partial charge in [-0.3, -0.25) is 14.5 Å². The van der Waals surface area contributed by atoms with Crippen molar-refractivity contribution in [1.82, 2.24) is 9.88 Å². The fraction of sp³-hybridized carbons (Fsp3) is 0.241. The van der Waals surface area contributed by atoms with Crippen molar-refractivity contribution >= 4 is 40.0 Å². The second-order valence-electron chi connectivity index (χ2n) is 9.17. The molecule has 6 nitrogen and oxygen atoms in total. The van der Waals surface area contributed by atoms with Crippen LogP contribution >= 0.6 is 11.6 Å². The second-order valence-corrected chi connectivity index (χ2v) is 9.58. The van der Waals surface area contributed by atoms with Crippen LogP contribution in [0.15, 0.2) is 72.9 Å². The number of hydrogen-bond donors (Lipinski definition) is 1. The highest BCUT2D eigenvalue weighted by molar-refractivity contribution is 6.31. The molecular weight excluding hydrogens is 474 g/mol. The predicted molar refractivity (Wildman–Crippen MR) is 142 cm³/mol. The smallest absolute Gasteiger partial charge is 0.268 e. The summed E-state index contributed by atoms with van der Waals surface area (Å²) in [6.07, 6.45) is 2.01. The van der Waals surface area contributed by atoms with Gasteiger partial charge in [0.2, 0.25) is 5.91 Å². The van der Waals surface area contributed by atoms with E-state index in [4.69, 9.17) is 16.3 Å². The maximum Gasteiger partial charge on any atom is 0.268 e. The molecule has 1 aliphatic rings. The number of rotatable bonds is 7. The van der Waals surface area contributed by atoms with Gasteiger partial charge in [0.1, 0.15) is 12.3 Å². The summed E-state index contributed by atoms with van der Waals surface area (Å²) in [6, 6.07) is 21.3. The number of fused-ring (bicyclic) bond motifs is 2. The molecule has 3 aromatic carbocycles. The molecule has 0 saturated heterocycles. The van der Waals surface area contributed by atoms with E-state index in [0.717, 1.165) is 27.6 Å². The Hall–Kier alpha value is -3.77. The number of aryl methyl sites for hydroxylation is 1. The monoisotopic (exact) mass is 501 g/mol. The van der Waals surface area contributed by atoms with Gasteiger partial charge in [-0.15, -0.1) is 0 Å². The predicted octanol–water partition coefficient (Wildman–Crippen LogP) is 5.52. The summed E-state index contributed by atoms with van der Waals surface area (Å²) in [4.78, 5) is 33.4. The highest BCUT2D eigenvalue weighted by Gasteiger charge is 2.34. The van der Waals surface area contributed by atoms with Crippen molar-refractivity contribution in [2.24, 2.45) is 0 Å². The van der Waals surface area contributed by atoms with Crippen LogP contribution in [0.4, 0.5) is 5.69 Å². The van der Waals surface area contributed by atoms with E-state index in [9.17, 15) is 9.59 Å². The number of carbonyl (C=O) groups is 2. The number of halogens is 1. The molecule has 0 saturated carbocycles. The van der Waals surface area contributed by atoms with Crippen molar-refractivity contribution in [3.8, 4) is 5.75 Å². The van der Waals surface area contributed by atoms with E-state index >= 15 is 0 Å². The van der Waals surface area contributed by atoms with Crippen LogP contribution in [0.5, 0.6) is 5.75 Å². The number of benzene rings is 3. The van der Waals surface area contributed by atoms with E-state index in [1.807, 2.05) is 73.8 Å². The van der Waals surface area contributed by atoms with Crippen LogP contribution in [0.3, 0.4) is 0 Å². The van der Waals surface area contributed by atoms with Gasteiger partial charge in [-0.2, -0.15) is 0 Å². The quantitative estimate of drug-likeness (QED) is 0.363. The zero-order valence-corrected chi connectivity index (χ0v) is 21.1. The minimum atomic E-state index is -0.656. The molecule has 5 rings (SSSR count). The van der Waals surface area contributed by atoms with E-state index in [1.165, 1.54) is 0 Å². The van der Waals surface area contributed by atoms with E-state index in [0.29, 0.717) is 36.0 Å². The molecule has 7 heteroatoms. The number of nitrogens with one attached hydrogen (secondary N) is 1. The van der Waals surface area contributed by atoms with Crippen molar-refractivity contribution in [3.05, 3.63) is 94.6 Å². The number of carbonyl (C=O) groups excluding carboxylic acids is 2. The first-order valence-corrected chi connectivity index (χ1v) is 12.4. The number of H-pyrrole nitrogens is 1. The lowest BCUT2D eigenvalue weighted by molar-refractivity contribution is -0.133. The molecule has 0 spiro atoms. The van der Waals surface area contributed by atoms with Gasteiger partial charge in [0.15, 0.2) is 6.10 Å². The van der Waals surface area contributed by atoms with Crippen molar-refractivity contribution in [3.63, 3.8) is 0 Å². The van der Waals surface area contributed by atoms with Gasteiger partial charge in [-0.1, -0.05) is 54.1 Å². The molecular formula is C29H28ClN3O3. The van der Waals surface area contributed by atoms with Crippen LogP contribution in [0.2, 0.25) is 5.02 Å². The molecule has 0 fully saturated rings. The topological polar surface area (TPSA) is 65.6 Å². The molecule has 0 aliphatic carbocycles. The molecule has 1 aliphatic heterocycles. The molecule has 1 aromatic heterocycles. The van der Waals surface area contributed by atoms with Gasteiger partial charge in [-0.05, 0) is 61.2 Å². The summed E-state index contributed by atoms with van der Waals surface area (Å²) < 4.78 is 5.78. The van der Waals surface area contributed by atoms with Gasteiger partial charge in [0.05, 0.1) is 5.69 Å². The number of aromatic amines is 1. The molecule has 0 bridgehead atoms. The Kier molecular flexibility index (Phi) is 6.70. The summed E-state index contributed by atoms with van der Waals surface area (Å²) >= 11 is 6.45. The average molecular weight is 502 g/mol. The SMILES string of the molecule is Cc1ccc2c(c1)N(CC(=O)N(CCc1c[nH]c3ccccc13)Cc1ccccc1Cl)C(=O)[C@@H](C)O2. The molecule has 0 radical (unpaired) electrons. The highest BCUT2D eigenvalue weighted by Crippen LogP contribution is 2.35. The molecule has 2 heterocycles. The summed E-state index contributed by atoms with van der Waals surface area (Å²) in [5.74, 6) is 0.234. The minimum Gasteiger partial charge on any atom is -0.479 e. The van der Waals surface area contributed by atoms with Crippen molar-refractivity contribution in [1.29, 1.82) is 0 Å². The fourth-order valence-electron chi connectivity index (χ4n) is 4.63. The molecule has 36 heavy (non-hydrogen) atoms. The lowest BCUT2D eigenvalue weighted by Crippen LogP contribution is -2.49. The Balaban J connectivity index is 1.41. The Labute approximate surface area is 215 Å². The summed E-state index contributed by atoms with van der Waals surface area (Å²) in [7, 11) is 0. The Morgan fingerprint density at radius 3 is 2.69 bits per heavy atom. The first-order valence-electron chi connectivity index (χ1n) is 12.1. The first-order chi connectivity index (χ1) is 17.4. The molecule has 1 N–H and O–H groups in total. The minimum absolute atomic E-state index is 0.0681. The number of aromatic nitrogens is 1. The number of para-hydroxylation sites is 1. The van der Waals surface area contributed by atoms with E-state index in [1.54, 1.807) is 16.7 Å². The average Bonchev–Trinajstić information content (AvgIpc) is 3.29. The summed E-state index contributed by atoms with van der Waals surface area (Å²) in [5, 5.41) is 1.75. The third-order valence-electron chi connectivity index (χ3n) is 6.61. The van der Waals surface area contributed by atoms with Crippen LogP contribution < -0.4 is 9.64 Å². The molecule has 2 amide bonds. The summed E-state index contributed by atoms with van der Waals surface area (Å²) in [6.45, 7) is 4.44. The van der Waals surface area contributed by atoms with Crippen LogP contribution in [0.25, 0.3) is 10.9 Å². The van der Waals surface area contributed by atoms with Crippen LogP contribution in [-0.2, 0) is 22.6 Å². The summed E-state index contributed by atoms with van der Waals surface area (Å²) in [5.41, 5.74) is 4.69. The third kappa shape index (κ3) is 4.82. The number of nitrogens with zero attached hydrogens (tertiary/aromatic N) is 2. The van der Waals surface area contributed by atoms with Crippen LogP contribution in [0.1, 0.15) is 23.6 Å². The maximum atomic E-state index is 13.7. The third-order valence-corrected chi connectivity index (χ3v) is 6.98. The standard InChI is InChI=1S/C29H28ClN3O3/c1-19-11-12-27-26(15-19)33(29(35)20(2)36-27)18-28(34)32(17-22-7-3-5-9-24(22)30)14-13-21-16-31-25-10-6-4-8-23(21)25/h3-12,15-16,20,31H,13-14,17-18H2,1-2H3/t20-/m1/s1. The Morgan fingerprint density at radius 1 is 1.08 bits per heavy atom. The Morgan fingerprint density at radius 2 is 1.86 bits per heavy atom. The van der Waals surface area contributed by atoms with Gasteiger partial charge in [0.25, 0.3) is 5.91 Å². The number of ether oxygens (including phenoxy) is 1. The largest absolute Gasteiger partial charge is 0.479 e. The molecule has 184 valence electrons. The zero-order chi connectivity index (χ0) is 25.2. The van der Waals surface area contributed by atoms with Gasteiger partial charge >= 0.3 is 0 Å². The Bertz CT molecular complexity index is 1430. The second kappa shape index (κ2) is 10.1. The zero-order valence-electron chi connectivity index (χ0n) is 20.3. The van der Waals surface area contributed by atoms with Crippen LogP contribution in [-0.4, -0.2) is 40.9 Å². The van der Waals surface area contributed by atoms with E-state index in [-0.39, 0.29) is 18.4 Å². The maximum absolute atomic E-state index is 13.7. The molecule has 1 atom stereocenters. The lowest BCUT2D eigenvalue weighted by atomic mass is 10.1. The number of anilines is 1. The van der Waals surface area contributed by atoms with Gasteiger partial charge in [0, 0.05) is 35.2 Å². The van der Waals surface area contributed by atoms with E-state index in [2.05, 4.69) is 11.1 Å². The normalized spacial score (nSPS) is 15.0. The highest BCUT2D eigenvalue weighted by atomic mass is 35.5. The fourth-order valence-corrected chi connectivity index (χ4v) is 4.83. The lowest BCUT2D eigenvalue weighted by Gasteiger charge is -2.34. The van der Waals surface area contributed by atoms with E-state index < -0.39 is 6.10 Å². The number of hydrogen-bond acceptors (Lipinski definition) is 3. The van der Waals surface area contributed by atoms with Crippen molar-refractivity contribution in [2.45, 2.75) is 32.9 Å². The molecule has 0 unspecified atom stereocenters. The van der Waals surface area contributed by atoms with Crippen LogP contribution in [0, 0.1) is 6.92 Å². The van der Waals surface area contributed by atoms with Crippen molar-refractivity contribution in [2.75, 3.05) is 18.0 Å². The van der Waals surface area contributed by atoms with Gasteiger partial charge < -0.3 is 14.6 Å². The van der Waals surface area contributed by atoms with Crippen molar-refractivity contribution < 1.29 is 14.3 Å². The number of amides is 2. The van der Waals surface area contributed by atoms with Gasteiger partial charge in [-0.25, -0.2) is 0 Å².